The number of carbonyl (C=O) groups excluding carboxylic acids is 1. The van der Waals surface area contributed by atoms with E-state index >= 15 is 0 Å². The fraction of sp³-hybridized carbons (Fsp3) is 0.500. The van der Waals surface area contributed by atoms with Gasteiger partial charge in [-0.2, -0.15) is 0 Å². The highest BCUT2D eigenvalue weighted by Crippen LogP contribution is 2.29. The van der Waals surface area contributed by atoms with E-state index in [0.29, 0.717) is 0 Å². The van der Waals surface area contributed by atoms with Crippen molar-refractivity contribution in [3.8, 4) is 0 Å². The van der Waals surface area contributed by atoms with Crippen molar-refractivity contribution in [2.45, 2.75) is 45.2 Å². The van der Waals surface area contributed by atoms with Gasteiger partial charge in [0.05, 0.1) is 6.42 Å². The summed E-state index contributed by atoms with van der Waals surface area (Å²) in [5.41, 5.74) is 1.19. The van der Waals surface area contributed by atoms with Crippen LogP contribution in [0.25, 0.3) is 0 Å². The number of amides is 1. The molecule has 1 aromatic rings. The minimum atomic E-state index is -2.52. The van der Waals surface area contributed by atoms with Crippen LogP contribution in [0, 0.1) is 4.91 Å². The third kappa shape index (κ3) is 3.36. The van der Waals surface area contributed by atoms with Crippen molar-refractivity contribution in [1.29, 1.82) is 0 Å². The van der Waals surface area contributed by atoms with Crippen molar-refractivity contribution in [1.82, 2.24) is 0 Å². The third-order valence-electron chi connectivity index (χ3n) is 3.63. The molecule has 19 heavy (non-hydrogen) atoms. The number of rotatable bonds is 5. The lowest BCUT2D eigenvalue weighted by atomic mass is 10.1. The van der Waals surface area contributed by atoms with Gasteiger partial charge in [0.1, 0.15) is 0 Å². The maximum Gasteiger partial charge on any atom is 0.290 e. The van der Waals surface area contributed by atoms with E-state index in [1.54, 1.807) is 12.1 Å². The zero-order valence-electron chi connectivity index (χ0n) is 11.9. The average Bonchev–Trinajstić information content (AvgIpc) is 2.37. The lowest BCUT2D eigenvalue weighted by molar-refractivity contribution is -0.117. The van der Waals surface area contributed by atoms with Crippen LogP contribution in [-0.4, -0.2) is 19.0 Å². The van der Waals surface area contributed by atoms with Gasteiger partial charge in [0, 0.05) is 5.18 Å². The molecule has 0 aliphatic heterocycles. The number of hydrogen-bond donors (Lipinski definition) is 1. The molecule has 0 bridgehead atoms. The van der Waals surface area contributed by atoms with E-state index in [-0.39, 0.29) is 17.5 Å². The standard InChI is InChI=1S/C14H21NO3Si/c1-10(2)19(18,11(3)4)13-7-5-12(6-8-13)9-14(16)15-17/h5-8,10-11,18H,9H2,1-4H3. The molecule has 0 aromatic heterocycles. The van der Waals surface area contributed by atoms with E-state index in [2.05, 4.69) is 5.18 Å². The van der Waals surface area contributed by atoms with Crippen LogP contribution in [-0.2, 0) is 11.2 Å². The fourth-order valence-electron chi connectivity index (χ4n) is 2.43. The summed E-state index contributed by atoms with van der Waals surface area (Å²) in [6.45, 7) is 8.17. The summed E-state index contributed by atoms with van der Waals surface area (Å²) in [5.74, 6) is -0.673. The van der Waals surface area contributed by atoms with E-state index in [0.717, 1.165) is 10.8 Å². The highest BCUT2D eigenvalue weighted by Gasteiger charge is 2.40. The molecule has 0 spiro atoms. The third-order valence-corrected chi connectivity index (χ3v) is 8.41. The average molecular weight is 279 g/mol. The van der Waals surface area contributed by atoms with Crippen LogP contribution in [0.5, 0.6) is 0 Å². The van der Waals surface area contributed by atoms with Gasteiger partial charge in [-0.05, 0) is 21.8 Å². The molecule has 0 saturated heterocycles. The largest absolute Gasteiger partial charge is 0.427 e. The van der Waals surface area contributed by atoms with Gasteiger partial charge in [-0.15, -0.1) is 4.91 Å². The van der Waals surface area contributed by atoms with Crippen LogP contribution in [0.3, 0.4) is 0 Å². The predicted molar refractivity (Wildman–Crippen MR) is 78.8 cm³/mol. The monoisotopic (exact) mass is 279 g/mol. The van der Waals surface area contributed by atoms with E-state index < -0.39 is 14.2 Å². The lowest BCUT2D eigenvalue weighted by Crippen LogP contribution is -2.53. The summed E-state index contributed by atoms with van der Waals surface area (Å²) in [7, 11) is -2.52. The predicted octanol–water partition coefficient (Wildman–Crippen LogP) is 2.49. The van der Waals surface area contributed by atoms with Crippen molar-refractivity contribution >= 4 is 19.4 Å². The second-order valence-corrected chi connectivity index (χ2v) is 10.0. The second-order valence-electron chi connectivity index (χ2n) is 5.49. The van der Waals surface area contributed by atoms with E-state index in [1.807, 2.05) is 39.8 Å². The van der Waals surface area contributed by atoms with Crippen LogP contribution in [0.4, 0.5) is 0 Å². The maximum absolute atomic E-state index is 11.0. The molecule has 4 nitrogen and oxygen atoms in total. The smallest absolute Gasteiger partial charge is 0.290 e. The highest BCUT2D eigenvalue weighted by atomic mass is 28.4. The SMILES string of the molecule is CC(C)[Si](O)(c1ccc(CC(=O)N=O)cc1)C(C)C. The number of nitroso groups, excluding NO2 is 1. The normalized spacial score (nSPS) is 11.9. The zero-order valence-corrected chi connectivity index (χ0v) is 12.9. The van der Waals surface area contributed by atoms with Crippen molar-refractivity contribution in [3.05, 3.63) is 34.7 Å². The molecule has 0 aliphatic rings. The molecular formula is C14H21NO3Si. The zero-order chi connectivity index (χ0) is 14.6. The fourth-order valence-corrected chi connectivity index (χ4v) is 5.80. The van der Waals surface area contributed by atoms with Gasteiger partial charge in [-0.1, -0.05) is 52.0 Å². The van der Waals surface area contributed by atoms with Crippen molar-refractivity contribution < 1.29 is 9.59 Å². The lowest BCUT2D eigenvalue weighted by Gasteiger charge is -2.33. The molecule has 0 radical (unpaired) electrons. The first kappa shape index (κ1) is 15.7. The topological polar surface area (TPSA) is 66.7 Å². The summed E-state index contributed by atoms with van der Waals surface area (Å²) < 4.78 is 0. The molecule has 0 atom stereocenters. The molecule has 1 amide bonds. The van der Waals surface area contributed by atoms with Crippen molar-refractivity contribution in [2.75, 3.05) is 0 Å². The molecule has 1 rings (SSSR count). The molecule has 104 valence electrons. The summed E-state index contributed by atoms with van der Waals surface area (Å²) >= 11 is 0. The van der Waals surface area contributed by atoms with Crippen LogP contribution >= 0.6 is 0 Å². The van der Waals surface area contributed by atoms with Crippen LogP contribution in [0.1, 0.15) is 33.3 Å². The molecule has 0 unspecified atom stereocenters. The van der Waals surface area contributed by atoms with Gasteiger partial charge in [-0.25, -0.2) is 0 Å². The molecule has 5 heteroatoms. The quantitative estimate of drug-likeness (QED) is 0.665. The van der Waals surface area contributed by atoms with Crippen molar-refractivity contribution in [3.63, 3.8) is 0 Å². The molecule has 1 aromatic carbocycles. The van der Waals surface area contributed by atoms with E-state index in [9.17, 15) is 14.5 Å². The first-order chi connectivity index (χ1) is 8.82. The Morgan fingerprint density at radius 2 is 1.63 bits per heavy atom. The minimum Gasteiger partial charge on any atom is -0.427 e. The summed E-state index contributed by atoms with van der Waals surface area (Å²) in [6.07, 6.45) is 0.0210. The van der Waals surface area contributed by atoms with Crippen LogP contribution in [0.15, 0.2) is 29.4 Å². The van der Waals surface area contributed by atoms with Gasteiger partial charge < -0.3 is 4.80 Å². The van der Waals surface area contributed by atoms with Crippen molar-refractivity contribution in [2.24, 2.45) is 5.18 Å². The Bertz CT molecular complexity index is 446. The number of nitrogens with zero attached hydrogens (tertiary/aromatic N) is 1. The summed E-state index contributed by atoms with van der Waals surface area (Å²) in [4.78, 5) is 32.0. The first-order valence-electron chi connectivity index (χ1n) is 6.50. The highest BCUT2D eigenvalue weighted by molar-refractivity contribution is 6.87. The molecular weight excluding hydrogens is 258 g/mol. The van der Waals surface area contributed by atoms with Gasteiger partial charge in [0.25, 0.3) is 5.91 Å². The van der Waals surface area contributed by atoms with E-state index in [4.69, 9.17) is 0 Å². The Morgan fingerprint density at radius 3 is 2.00 bits per heavy atom. The summed E-state index contributed by atoms with van der Waals surface area (Å²) in [6, 6.07) is 7.33. The summed E-state index contributed by atoms with van der Waals surface area (Å²) in [5, 5.41) is 3.35. The molecule has 0 saturated carbocycles. The number of carbonyl (C=O) groups is 1. The Labute approximate surface area is 115 Å². The van der Waals surface area contributed by atoms with Gasteiger partial charge in [0.15, 0.2) is 0 Å². The Morgan fingerprint density at radius 1 is 1.16 bits per heavy atom. The van der Waals surface area contributed by atoms with Gasteiger partial charge in [-0.3, -0.25) is 4.79 Å². The Kier molecular flexibility index (Phi) is 5.14. The first-order valence-corrected chi connectivity index (χ1v) is 8.60. The minimum absolute atomic E-state index is 0.0210. The molecule has 0 fully saturated rings. The van der Waals surface area contributed by atoms with Gasteiger partial charge >= 0.3 is 0 Å². The number of hydrogen-bond acceptors (Lipinski definition) is 3. The Balaban J connectivity index is 3.03. The van der Waals surface area contributed by atoms with Crippen LogP contribution < -0.4 is 5.19 Å². The van der Waals surface area contributed by atoms with E-state index in [1.165, 1.54) is 0 Å². The second kappa shape index (κ2) is 6.21. The number of benzene rings is 1. The Hall–Kier alpha value is -1.33. The maximum atomic E-state index is 11.0. The molecule has 1 N–H and O–H groups in total. The molecule has 0 heterocycles. The molecule has 0 aliphatic carbocycles. The van der Waals surface area contributed by atoms with Crippen LogP contribution in [0.2, 0.25) is 11.1 Å². The van der Waals surface area contributed by atoms with Gasteiger partial charge in [0.2, 0.25) is 8.32 Å².